The Morgan fingerprint density at radius 2 is 2.11 bits per heavy atom. The molecule has 4 heteroatoms. The van der Waals surface area contributed by atoms with Gasteiger partial charge in [0.15, 0.2) is 0 Å². The van der Waals surface area contributed by atoms with Crippen LogP contribution in [0.2, 0.25) is 0 Å². The molecule has 1 aromatic carbocycles. The van der Waals surface area contributed by atoms with Crippen molar-refractivity contribution in [3.8, 4) is 0 Å². The first-order chi connectivity index (χ1) is 8.80. The van der Waals surface area contributed by atoms with Gasteiger partial charge in [0.2, 0.25) is 0 Å². The Kier molecular flexibility index (Phi) is 5.06. The highest BCUT2D eigenvalue weighted by molar-refractivity contribution is 7.98. The maximum atomic E-state index is 5.85. The van der Waals surface area contributed by atoms with E-state index in [-0.39, 0.29) is 6.10 Å². The first-order valence-corrected chi connectivity index (χ1v) is 7.72. The van der Waals surface area contributed by atoms with Crippen molar-refractivity contribution >= 4 is 11.8 Å². The van der Waals surface area contributed by atoms with Crippen molar-refractivity contribution in [1.29, 1.82) is 0 Å². The van der Waals surface area contributed by atoms with Crippen molar-refractivity contribution in [2.75, 3.05) is 32.5 Å². The summed E-state index contributed by atoms with van der Waals surface area (Å²) >= 11 is 1.77. The van der Waals surface area contributed by atoms with E-state index in [0.717, 1.165) is 19.7 Å². The van der Waals surface area contributed by atoms with Crippen LogP contribution in [0, 0.1) is 0 Å². The second-order valence-electron chi connectivity index (χ2n) is 4.49. The molecule has 1 aromatic rings. The van der Waals surface area contributed by atoms with Gasteiger partial charge in [-0.25, -0.2) is 0 Å². The number of morpholine rings is 1. The fraction of sp³-hybridized carbons (Fsp3) is 0.571. The summed E-state index contributed by atoms with van der Waals surface area (Å²) in [5, 5.41) is 0. The van der Waals surface area contributed by atoms with Gasteiger partial charge < -0.3 is 10.5 Å². The second-order valence-corrected chi connectivity index (χ2v) is 5.37. The average molecular weight is 266 g/mol. The summed E-state index contributed by atoms with van der Waals surface area (Å²) in [7, 11) is 0. The minimum absolute atomic E-state index is 0.110. The smallest absolute Gasteiger partial charge is 0.0894 e. The third-order valence-corrected chi connectivity index (χ3v) is 4.30. The van der Waals surface area contributed by atoms with E-state index in [0.29, 0.717) is 12.6 Å². The predicted molar refractivity (Wildman–Crippen MR) is 77.0 cm³/mol. The molecule has 1 aliphatic rings. The summed E-state index contributed by atoms with van der Waals surface area (Å²) in [6.45, 7) is 5.58. The summed E-state index contributed by atoms with van der Waals surface area (Å²) in [6.07, 6.45) is 2.21. The van der Waals surface area contributed by atoms with Gasteiger partial charge in [-0.3, -0.25) is 4.90 Å². The van der Waals surface area contributed by atoms with E-state index >= 15 is 0 Å². The normalized spacial score (nSPS) is 25.3. The average Bonchev–Trinajstić information content (AvgIpc) is 2.46. The number of nitrogens with two attached hydrogens (primary N) is 1. The minimum atomic E-state index is 0.110. The van der Waals surface area contributed by atoms with E-state index in [1.54, 1.807) is 11.8 Å². The minimum Gasteiger partial charge on any atom is -0.374 e. The molecule has 0 aromatic heterocycles. The van der Waals surface area contributed by atoms with E-state index in [2.05, 4.69) is 42.3 Å². The van der Waals surface area contributed by atoms with Gasteiger partial charge >= 0.3 is 0 Å². The lowest BCUT2D eigenvalue weighted by Crippen LogP contribution is -2.48. The number of ether oxygens (including phenoxy) is 1. The van der Waals surface area contributed by atoms with Crippen molar-refractivity contribution in [2.45, 2.75) is 24.0 Å². The van der Waals surface area contributed by atoms with Crippen LogP contribution in [0.25, 0.3) is 0 Å². The Hall–Kier alpha value is -0.550. The van der Waals surface area contributed by atoms with Crippen molar-refractivity contribution in [1.82, 2.24) is 4.90 Å². The van der Waals surface area contributed by atoms with Crippen molar-refractivity contribution in [3.63, 3.8) is 0 Å². The van der Waals surface area contributed by atoms with Crippen LogP contribution in [0.5, 0.6) is 0 Å². The molecule has 1 fully saturated rings. The monoisotopic (exact) mass is 266 g/mol. The van der Waals surface area contributed by atoms with Gasteiger partial charge in [0.1, 0.15) is 0 Å². The van der Waals surface area contributed by atoms with Crippen molar-refractivity contribution < 1.29 is 4.74 Å². The van der Waals surface area contributed by atoms with Gasteiger partial charge in [0.25, 0.3) is 0 Å². The number of hydrogen-bond acceptors (Lipinski definition) is 4. The highest BCUT2D eigenvalue weighted by Crippen LogP contribution is 2.30. The highest BCUT2D eigenvalue weighted by atomic mass is 32.2. The van der Waals surface area contributed by atoms with E-state index in [4.69, 9.17) is 10.5 Å². The highest BCUT2D eigenvalue weighted by Gasteiger charge is 2.31. The topological polar surface area (TPSA) is 38.5 Å². The van der Waals surface area contributed by atoms with Crippen LogP contribution in [0.4, 0.5) is 0 Å². The van der Waals surface area contributed by atoms with Crippen LogP contribution in [-0.4, -0.2) is 43.5 Å². The summed E-state index contributed by atoms with van der Waals surface area (Å²) in [6, 6.07) is 9.06. The molecule has 3 nitrogen and oxygen atoms in total. The van der Waals surface area contributed by atoms with Crippen LogP contribution < -0.4 is 5.73 Å². The summed E-state index contributed by atoms with van der Waals surface area (Å²) in [4.78, 5) is 3.75. The molecule has 2 unspecified atom stereocenters. The Bertz CT molecular complexity index is 357. The number of benzene rings is 1. The van der Waals surface area contributed by atoms with Crippen LogP contribution in [0.15, 0.2) is 29.2 Å². The zero-order valence-corrected chi connectivity index (χ0v) is 12.0. The summed E-state index contributed by atoms with van der Waals surface area (Å²) in [5.41, 5.74) is 7.16. The van der Waals surface area contributed by atoms with Gasteiger partial charge in [-0.2, -0.15) is 0 Å². The third kappa shape index (κ3) is 2.88. The maximum absolute atomic E-state index is 5.85. The Morgan fingerprint density at radius 1 is 1.39 bits per heavy atom. The first-order valence-electron chi connectivity index (χ1n) is 6.49. The molecule has 100 valence electrons. The molecule has 0 aliphatic carbocycles. The van der Waals surface area contributed by atoms with Crippen LogP contribution in [-0.2, 0) is 4.74 Å². The van der Waals surface area contributed by atoms with E-state index in [1.807, 2.05) is 0 Å². The molecule has 2 rings (SSSR count). The zero-order chi connectivity index (χ0) is 13.0. The zero-order valence-electron chi connectivity index (χ0n) is 11.1. The molecule has 0 amide bonds. The van der Waals surface area contributed by atoms with Gasteiger partial charge in [0.05, 0.1) is 18.8 Å². The molecule has 1 saturated heterocycles. The molecule has 0 bridgehead atoms. The molecule has 1 heterocycles. The molecule has 18 heavy (non-hydrogen) atoms. The lowest BCUT2D eigenvalue weighted by atomic mass is 9.98. The quantitative estimate of drug-likeness (QED) is 0.847. The molecule has 0 spiro atoms. The fourth-order valence-electron chi connectivity index (χ4n) is 2.57. The maximum Gasteiger partial charge on any atom is 0.0894 e. The Labute approximate surface area is 114 Å². The lowest BCUT2D eigenvalue weighted by molar-refractivity contribution is -0.0658. The number of nitrogens with zero attached hydrogens (tertiary/aromatic N) is 1. The van der Waals surface area contributed by atoms with E-state index in [1.165, 1.54) is 10.5 Å². The SMILES string of the molecule is CCN1CCOC(CN)C1c1ccc(SC)cc1. The van der Waals surface area contributed by atoms with Crippen LogP contribution in [0.3, 0.4) is 0 Å². The first kappa shape index (κ1) is 13.9. The number of hydrogen-bond donors (Lipinski definition) is 1. The third-order valence-electron chi connectivity index (χ3n) is 3.55. The molecular weight excluding hydrogens is 244 g/mol. The molecule has 0 radical (unpaired) electrons. The fourth-order valence-corrected chi connectivity index (χ4v) is 2.97. The molecule has 2 atom stereocenters. The molecule has 1 aliphatic heterocycles. The van der Waals surface area contributed by atoms with Crippen LogP contribution in [0.1, 0.15) is 18.5 Å². The van der Waals surface area contributed by atoms with Gasteiger partial charge in [-0.15, -0.1) is 11.8 Å². The standard InChI is InChI=1S/C14H22N2OS/c1-3-16-8-9-17-13(10-15)14(16)11-4-6-12(18-2)7-5-11/h4-7,13-14H,3,8-10,15H2,1-2H3. The van der Waals surface area contributed by atoms with E-state index < -0.39 is 0 Å². The Morgan fingerprint density at radius 3 is 2.67 bits per heavy atom. The van der Waals surface area contributed by atoms with Gasteiger partial charge in [-0.1, -0.05) is 19.1 Å². The van der Waals surface area contributed by atoms with Crippen molar-refractivity contribution in [2.24, 2.45) is 5.73 Å². The molecule has 0 saturated carbocycles. The molecular formula is C14H22N2OS. The summed E-state index contributed by atoms with van der Waals surface area (Å²) < 4.78 is 5.81. The predicted octanol–water partition coefficient (Wildman–Crippen LogP) is 2.13. The molecule has 2 N–H and O–H groups in total. The largest absolute Gasteiger partial charge is 0.374 e. The number of likely N-dealkylation sites (N-methyl/N-ethyl adjacent to an activating group) is 1. The lowest BCUT2D eigenvalue weighted by Gasteiger charge is -2.40. The summed E-state index contributed by atoms with van der Waals surface area (Å²) in [5.74, 6) is 0. The Balaban J connectivity index is 2.24. The van der Waals surface area contributed by atoms with Gasteiger partial charge in [0, 0.05) is 18.0 Å². The van der Waals surface area contributed by atoms with Gasteiger partial charge in [-0.05, 0) is 30.5 Å². The number of thioether (sulfide) groups is 1. The van der Waals surface area contributed by atoms with Crippen molar-refractivity contribution in [3.05, 3.63) is 29.8 Å². The van der Waals surface area contributed by atoms with E-state index in [9.17, 15) is 0 Å². The van der Waals surface area contributed by atoms with Crippen LogP contribution >= 0.6 is 11.8 Å². The second kappa shape index (κ2) is 6.57. The number of rotatable bonds is 4.